The Morgan fingerprint density at radius 3 is 2.17 bits per heavy atom. The molecule has 0 spiro atoms. The van der Waals surface area contributed by atoms with Crippen LogP contribution in [0.4, 0.5) is 5.69 Å². The Bertz CT molecular complexity index is 1870. The molecule has 1 atom stereocenters. The molecule has 3 aromatic rings. The largest absolute Gasteiger partial charge is 0.485 e. The van der Waals surface area contributed by atoms with Crippen molar-refractivity contribution in [2.24, 2.45) is 0 Å². The van der Waals surface area contributed by atoms with E-state index in [-0.39, 0.29) is 5.76 Å². The zero-order valence-corrected chi connectivity index (χ0v) is 28.4. The molecule has 2 aromatic carbocycles. The zero-order chi connectivity index (χ0) is 32.8. The Morgan fingerprint density at radius 1 is 0.913 bits per heavy atom. The van der Waals surface area contributed by atoms with Crippen LogP contribution in [0.25, 0.3) is 18.2 Å². The molecule has 3 heterocycles. The summed E-state index contributed by atoms with van der Waals surface area (Å²) in [5, 5.41) is 20.5. The fraction of sp³-hybridized carbons (Fsp3) is 0.243. The predicted octanol–water partition coefficient (Wildman–Crippen LogP) is 9.98. The first-order chi connectivity index (χ1) is 22.2. The minimum atomic E-state index is -1.07. The van der Waals surface area contributed by atoms with Gasteiger partial charge in [0.15, 0.2) is 22.9 Å². The summed E-state index contributed by atoms with van der Waals surface area (Å²) in [5.74, 6) is 1.71. The van der Waals surface area contributed by atoms with E-state index in [0.717, 1.165) is 34.2 Å². The van der Waals surface area contributed by atoms with E-state index in [1.54, 1.807) is 36.5 Å². The molecule has 0 amide bonds. The average Bonchev–Trinajstić information content (AvgIpc) is 3.58. The lowest BCUT2D eigenvalue weighted by molar-refractivity contribution is 0.0750. The smallest absolute Gasteiger partial charge is 0.180 e. The minimum absolute atomic E-state index is 0.249. The summed E-state index contributed by atoms with van der Waals surface area (Å²) >= 11 is 14.1. The van der Waals surface area contributed by atoms with Gasteiger partial charge in [-0.25, -0.2) is 0 Å². The molecule has 0 N–H and O–H groups in total. The summed E-state index contributed by atoms with van der Waals surface area (Å²) in [5.41, 5.74) is 3.14. The van der Waals surface area contributed by atoms with E-state index in [9.17, 15) is 10.5 Å². The highest BCUT2D eigenvalue weighted by molar-refractivity contribution is 7.14. The normalized spacial score (nSPS) is 18.7. The number of fused-ring (bicyclic) bond motifs is 1. The molecule has 0 radical (unpaired) electrons. The highest BCUT2D eigenvalue weighted by Crippen LogP contribution is 2.48. The Hall–Kier alpha value is -4.40. The van der Waals surface area contributed by atoms with Gasteiger partial charge in [-0.2, -0.15) is 10.5 Å². The van der Waals surface area contributed by atoms with Crippen LogP contribution in [0.5, 0.6) is 11.5 Å². The van der Waals surface area contributed by atoms with Gasteiger partial charge in [0.05, 0.1) is 31.4 Å². The minimum Gasteiger partial charge on any atom is -0.485 e. The molecule has 0 saturated carbocycles. The van der Waals surface area contributed by atoms with E-state index >= 15 is 0 Å². The van der Waals surface area contributed by atoms with Crippen molar-refractivity contribution in [1.29, 1.82) is 10.5 Å². The van der Waals surface area contributed by atoms with E-state index in [2.05, 4.69) is 67.3 Å². The van der Waals surface area contributed by atoms with Crippen LogP contribution in [0.1, 0.15) is 48.6 Å². The highest BCUT2D eigenvalue weighted by Gasteiger charge is 2.43. The second-order valence-corrected chi connectivity index (χ2v) is 12.6. The van der Waals surface area contributed by atoms with Gasteiger partial charge >= 0.3 is 0 Å². The lowest BCUT2D eigenvalue weighted by Gasteiger charge is -2.27. The molecule has 0 fully saturated rings. The van der Waals surface area contributed by atoms with Gasteiger partial charge < -0.3 is 19.1 Å². The number of allylic oxidation sites excluding steroid dienone is 4. The number of rotatable bonds is 9. The molecule has 5 rings (SSSR count). The topological polar surface area (TPSA) is 78.5 Å². The molecule has 9 heteroatoms. The molecular weight excluding hydrogens is 637 g/mol. The summed E-state index contributed by atoms with van der Waals surface area (Å²) in [4.78, 5) is 4.20. The number of benzene rings is 2. The summed E-state index contributed by atoms with van der Waals surface area (Å²) in [6, 6.07) is 18.1. The van der Waals surface area contributed by atoms with Gasteiger partial charge in [-0.1, -0.05) is 65.7 Å². The first kappa shape index (κ1) is 33.0. The first-order valence-electron chi connectivity index (χ1n) is 14.9. The van der Waals surface area contributed by atoms with Crippen molar-refractivity contribution in [3.05, 3.63) is 114 Å². The third kappa shape index (κ3) is 6.59. The number of ether oxygens (including phenoxy) is 3. The van der Waals surface area contributed by atoms with Crippen molar-refractivity contribution in [3.8, 4) is 23.6 Å². The van der Waals surface area contributed by atoms with Crippen LogP contribution < -0.4 is 14.4 Å². The van der Waals surface area contributed by atoms with E-state index in [4.69, 9.17) is 37.4 Å². The van der Waals surface area contributed by atoms with Crippen LogP contribution in [-0.4, -0.2) is 26.3 Å². The van der Waals surface area contributed by atoms with E-state index < -0.39 is 5.60 Å². The summed E-state index contributed by atoms with van der Waals surface area (Å²) in [7, 11) is 0. The van der Waals surface area contributed by atoms with E-state index in [1.807, 2.05) is 31.2 Å². The summed E-state index contributed by atoms with van der Waals surface area (Å²) in [6.07, 6.45) is 11.7. The van der Waals surface area contributed by atoms with Crippen molar-refractivity contribution >= 4 is 58.5 Å². The highest BCUT2D eigenvalue weighted by atomic mass is 35.5. The molecule has 0 aliphatic carbocycles. The fourth-order valence-corrected chi connectivity index (χ4v) is 6.72. The van der Waals surface area contributed by atoms with Crippen LogP contribution in [0.2, 0.25) is 10.0 Å². The molecule has 2 aliphatic heterocycles. The van der Waals surface area contributed by atoms with E-state index in [1.165, 1.54) is 5.69 Å². The second-order valence-electron chi connectivity index (χ2n) is 10.7. The number of nitriles is 2. The Labute approximate surface area is 284 Å². The molecule has 1 aromatic heterocycles. The van der Waals surface area contributed by atoms with Gasteiger partial charge in [-0.15, -0.1) is 11.3 Å². The molecule has 234 valence electrons. The van der Waals surface area contributed by atoms with Crippen molar-refractivity contribution in [1.82, 2.24) is 0 Å². The number of nitrogens with zero attached hydrogens (tertiary/aromatic N) is 3. The number of hydrogen-bond acceptors (Lipinski definition) is 7. The van der Waals surface area contributed by atoms with Crippen molar-refractivity contribution in [3.63, 3.8) is 0 Å². The van der Waals surface area contributed by atoms with Crippen LogP contribution >= 0.6 is 34.5 Å². The maximum atomic E-state index is 10.1. The molecule has 0 bridgehead atoms. The molecular formula is C37H33Cl2N3O3S. The van der Waals surface area contributed by atoms with Gasteiger partial charge in [0.2, 0.25) is 0 Å². The Morgan fingerprint density at radius 2 is 1.57 bits per heavy atom. The van der Waals surface area contributed by atoms with Crippen LogP contribution in [-0.2, 0) is 10.3 Å². The van der Waals surface area contributed by atoms with Gasteiger partial charge in [0, 0.05) is 29.9 Å². The lowest BCUT2D eigenvalue weighted by atomic mass is 9.86. The van der Waals surface area contributed by atoms with Crippen molar-refractivity contribution < 1.29 is 14.2 Å². The Kier molecular flexibility index (Phi) is 10.3. The number of thiophene rings is 1. The SMILES string of the molecule is CCN(CC)c1ccc(/C=C/c2sc(/C=C/C=C/C3=C(C#N)C(=C(\C)C#N)/OC3(C)c3ccc(Cl)c(Cl)c3)c3c2OCCO3)cc1. The average molecular weight is 671 g/mol. The maximum Gasteiger partial charge on any atom is 0.180 e. The second kappa shape index (κ2) is 14.4. The predicted molar refractivity (Wildman–Crippen MR) is 188 cm³/mol. The lowest BCUT2D eigenvalue weighted by Crippen LogP contribution is -2.23. The van der Waals surface area contributed by atoms with E-state index in [0.29, 0.717) is 51.3 Å². The third-order valence-electron chi connectivity index (χ3n) is 7.93. The number of anilines is 1. The number of hydrogen-bond donors (Lipinski definition) is 0. The van der Waals surface area contributed by atoms with Crippen molar-refractivity contribution in [2.45, 2.75) is 33.3 Å². The summed E-state index contributed by atoms with van der Waals surface area (Å²) < 4.78 is 18.4. The summed E-state index contributed by atoms with van der Waals surface area (Å²) in [6.45, 7) is 10.7. The standard InChI is InChI=1S/C37H33Cl2N3O3S/c1-5-42(6-2)27-15-11-25(12-16-27)13-18-33-36-35(43-19-20-44-36)32(46-33)10-8-7-9-29-28(23-41)34(24(3)22-40)45-37(29,4)26-14-17-30(38)31(39)21-26/h7-18,21H,5-6,19-20H2,1-4H3/b9-7+,10-8+,18-13+,34-24-. The van der Waals surface area contributed by atoms with Crippen LogP contribution in [0, 0.1) is 22.7 Å². The van der Waals surface area contributed by atoms with Crippen LogP contribution in [0.15, 0.2) is 83.2 Å². The molecule has 6 nitrogen and oxygen atoms in total. The van der Waals surface area contributed by atoms with Gasteiger partial charge in [-0.05, 0) is 69.7 Å². The first-order valence-corrected chi connectivity index (χ1v) is 16.5. The molecule has 2 aliphatic rings. The molecule has 1 unspecified atom stereocenters. The Balaban J connectivity index is 1.44. The van der Waals surface area contributed by atoms with Gasteiger partial charge in [-0.3, -0.25) is 0 Å². The molecule has 0 saturated heterocycles. The van der Waals surface area contributed by atoms with Gasteiger partial charge in [0.1, 0.15) is 24.9 Å². The monoisotopic (exact) mass is 669 g/mol. The van der Waals surface area contributed by atoms with Crippen molar-refractivity contribution in [2.75, 3.05) is 31.2 Å². The van der Waals surface area contributed by atoms with Crippen LogP contribution in [0.3, 0.4) is 0 Å². The third-order valence-corrected chi connectivity index (χ3v) is 9.75. The van der Waals surface area contributed by atoms with Gasteiger partial charge in [0.25, 0.3) is 0 Å². The fourth-order valence-electron chi connectivity index (χ4n) is 5.41. The quantitative estimate of drug-likeness (QED) is 0.167. The zero-order valence-electron chi connectivity index (χ0n) is 26.1. The molecule has 46 heavy (non-hydrogen) atoms. The number of halogens is 2. The maximum absolute atomic E-state index is 10.1.